The molecular weight excluding hydrogens is 336 g/mol. The zero-order valence-electron chi connectivity index (χ0n) is 11.7. The molecule has 1 aromatic heterocycles. The van der Waals surface area contributed by atoms with Gasteiger partial charge in [-0.05, 0) is 30.3 Å². The van der Waals surface area contributed by atoms with Crippen LogP contribution < -0.4 is 5.43 Å². The average Bonchev–Trinajstić information content (AvgIpc) is 2.85. The van der Waals surface area contributed by atoms with E-state index in [0.29, 0.717) is 10.2 Å². The van der Waals surface area contributed by atoms with E-state index in [4.69, 9.17) is 11.6 Å². The quantitative estimate of drug-likeness (QED) is 0.559. The highest BCUT2D eigenvalue weighted by atomic mass is 35.5. The van der Waals surface area contributed by atoms with Crippen LogP contribution >= 0.6 is 23.4 Å². The van der Waals surface area contributed by atoms with Gasteiger partial charge in [0.1, 0.15) is 0 Å². The molecule has 0 saturated heterocycles. The summed E-state index contributed by atoms with van der Waals surface area (Å²) in [6, 6.07) is 10.9. The molecule has 2 aromatic carbocycles. The molecular formula is C16H11ClN2O3S. The van der Waals surface area contributed by atoms with E-state index in [-0.39, 0.29) is 17.1 Å². The number of hydrogen-bond acceptors (Lipinski definition) is 5. The maximum Gasteiger partial charge on any atom is 0.220 e. The lowest BCUT2D eigenvalue weighted by Gasteiger charge is -1.99. The molecule has 0 bridgehead atoms. The Balaban J connectivity index is 1.80. The van der Waals surface area contributed by atoms with Crippen LogP contribution in [0.15, 0.2) is 52.4 Å². The minimum Gasteiger partial charge on any atom is -0.504 e. The van der Waals surface area contributed by atoms with Crippen molar-refractivity contribution in [2.75, 3.05) is 5.75 Å². The van der Waals surface area contributed by atoms with E-state index in [1.807, 2.05) is 0 Å². The van der Waals surface area contributed by atoms with Crippen molar-refractivity contribution >= 4 is 40.2 Å². The van der Waals surface area contributed by atoms with Crippen molar-refractivity contribution in [1.29, 1.82) is 0 Å². The number of thioether (sulfide) groups is 1. The van der Waals surface area contributed by atoms with Gasteiger partial charge in [0.15, 0.2) is 16.7 Å². The van der Waals surface area contributed by atoms with Crippen molar-refractivity contribution in [3.63, 3.8) is 0 Å². The Bertz CT molecular complexity index is 955. The Hall–Kier alpha value is -2.31. The number of H-pyrrole nitrogens is 1. The van der Waals surface area contributed by atoms with Crippen molar-refractivity contribution in [3.05, 3.63) is 63.3 Å². The molecule has 116 valence electrons. The molecule has 0 radical (unpaired) electrons. The number of aromatic hydroxyl groups is 1. The third-order valence-electron chi connectivity index (χ3n) is 3.17. The second kappa shape index (κ2) is 6.44. The van der Waals surface area contributed by atoms with E-state index in [2.05, 4.69) is 9.97 Å². The molecule has 0 spiro atoms. The lowest BCUT2D eigenvalue weighted by atomic mass is 10.2. The number of carbonyl (C=O) groups is 1. The maximum absolute atomic E-state index is 12.2. The first kappa shape index (κ1) is 15.6. The molecule has 7 heteroatoms. The first-order valence-electron chi connectivity index (χ1n) is 6.68. The summed E-state index contributed by atoms with van der Waals surface area (Å²) >= 11 is 7.11. The van der Waals surface area contributed by atoms with Crippen molar-refractivity contribution in [1.82, 2.24) is 9.97 Å². The van der Waals surface area contributed by atoms with Crippen LogP contribution in [0.3, 0.4) is 0 Å². The normalized spacial score (nSPS) is 10.8. The third-order valence-corrected chi connectivity index (χ3v) is 4.28. The highest BCUT2D eigenvalue weighted by molar-refractivity contribution is 7.99. The number of carbonyl (C=O) groups excluding carboxylic acids is 1. The van der Waals surface area contributed by atoms with Crippen molar-refractivity contribution in [3.8, 4) is 5.75 Å². The van der Waals surface area contributed by atoms with Crippen LogP contribution in [0.1, 0.15) is 10.4 Å². The zero-order chi connectivity index (χ0) is 16.4. The number of aromatic amines is 1. The molecule has 2 N–H and O–H groups in total. The summed E-state index contributed by atoms with van der Waals surface area (Å²) in [7, 11) is 0. The summed E-state index contributed by atoms with van der Waals surface area (Å²) in [5.41, 5.74) is 0.955. The summed E-state index contributed by atoms with van der Waals surface area (Å²) in [4.78, 5) is 31.2. The molecule has 5 nitrogen and oxygen atoms in total. The minimum atomic E-state index is -0.582. The van der Waals surface area contributed by atoms with Crippen LogP contribution in [-0.4, -0.2) is 26.6 Å². The molecule has 23 heavy (non-hydrogen) atoms. The molecule has 0 saturated carbocycles. The maximum atomic E-state index is 12.2. The topological polar surface area (TPSA) is 83.0 Å². The van der Waals surface area contributed by atoms with Gasteiger partial charge in [-0.2, -0.15) is 0 Å². The van der Waals surface area contributed by atoms with E-state index in [1.54, 1.807) is 24.3 Å². The second-order valence-corrected chi connectivity index (χ2v) is 6.16. The molecule has 3 rings (SSSR count). The van der Waals surface area contributed by atoms with Gasteiger partial charge in [-0.3, -0.25) is 9.59 Å². The SMILES string of the molecule is O=C(CSc1nc2ccc(Cl)cc2[nH]1)c1ccccc(=O)c1O. The fraction of sp³-hybridized carbons (Fsp3) is 0.0625. The van der Waals surface area contributed by atoms with Crippen LogP contribution in [0, 0.1) is 0 Å². The second-order valence-electron chi connectivity index (χ2n) is 4.76. The number of aromatic nitrogens is 2. The van der Waals surface area contributed by atoms with Gasteiger partial charge in [-0.15, -0.1) is 0 Å². The molecule has 3 aromatic rings. The lowest BCUT2D eigenvalue weighted by Crippen LogP contribution is -2.06. The van der Waals surface area contributed by atoms with Gasteiger partial charge in [0, 0.05) is 5.02 Å². The molecule has 0 aliphatic carbocycles. The summed E-state index contributed by atoms with van der Waals surface area (Å²) in [6.45, 7) is 0. The van der Waals surface area contributed by atoms with Crippen LogP contribution in [0.2, 0.25) is 5.02 Å². The highest BCUT2D eigenvalue weighted by Gasteiger charge is 2.14. The van der Waals surface area contributed by atoms with E-state index in [9.17, 15) is 14.7 Å². The molecule has 1 heterocycles. The summed E-state index contributed by atoms with van der Waals surface area (Å²) < 4.78 is 0. The van der Waals surface area contributed by atoms with Crippen molar-refractivity contribution in [2.24, 2.45) is 0 Å². The van der Waals surface area contributed by atoms with Gasteiger partial charge < -0.3 is 10.1 Å². The van der Waals surface area contributed by atoms with Gasteiger partial charge >= 0.3 is 0 Å². The van der Waals surface area contributed by atoms with Crippen LogP contribution in [0.25, 0.3) is 11.0 Å². The predicted molar refractivity (Wildman–Crippen MR) is 90.5 cm³/mol. The number of rotatable bonds is 4. The number of halogens is 1. The van der Waals surface area contributed by atoms with Crippen LogP contribution in [0.5, 0.6) is 5.75 Å². The van der Waals surface area contributed by atoms with Crippen LogP contribution in [0.4, 0.5) is 0 Å². The van der Waals surface area contributed by atoms with Crippen LogP contribution in [-0.2, 0) is 0 Å². The minimum absolute atomic E-state index is 0.00616. The van der Waals surface area contributed by atoms with E-state index in [0.717, 1.165) is 11.0 Å². The monoisotopic (exact) mass is 346 g/mol. The molecule has 0 aliphatic heterocycles. The van der Waals surface area contributed by atoms with E-state index >= 15 is 0 Å². The average molecular weight is 347 g/mol. The van der Waals surface area contributed by atoms with Gasteiger partial charge in [0.2, 0.25) is 5.43 Å². The van der Waals surface area contributed by atoms with Gasteiger partial charge in [-0.1, -0.05) is 35.5 Å². The Labute approximate surface area is 140 Å². The first-order valence-corrected chi connectivity index (χ1v) is 8.04. The number of Topliss-reactive ketones (excluding diaryl/α,β-unsaturated/α-hetero) is 1. The van der Waals surface area contributed by atoms with E-state index < -0.39 is 11.2 Å². The predicted octanol–water partition coefficient (Wildman–Crippen LogP) is 3.26. The van der Waals surface area contributed by atoms with Gasteiger partial charge in [0.05, 0.1) is 22.3 Å². The van der Waals surface area contributed by atoms with Gasteiger partial charge in [0.25, 0.3) is 0 Å². The smallest absolute Gasteiger partial charge is 0.220 e. The highest BCUT2D eigenvalue weighted by Crippen LogP contribution is 2.23. The lowest BCUT2D eigenvalue weighted by molar-refractivity contribution is 0.102. The molecule has 0 unspecified atom stereocenters. The summed E-state index contributed by atoms with van der Waals surface area (Å²) in [5.74, 6) is -0.832. The number of nitrogens with one attached hydrogen (secondary N) is 1. The first-order chi connectivity index (χ1) is 11.0. The fourth-order valence-corrected chi connectivity index (χ4v) is 2.99. The number of ketones is 1. The van der Waals surface area contributed by atoms with Crippen molar-refractivity contribution in [2.45, 2.75) is 5.16 Å². The van der Waals surface area contributed by atoms with E-state index in [1.165, 1.54) is 30.0 Å². The third kappa shape index (κ3) is 3.38. The Morgan fingerprint density at radius 2 is 2.04 bits per heavy atom. The van der Waals surface area contributed by atoms with Gasteiger partial charge in [-0.25, -0.2) is 4.98 Å². The molecule has 0 fully saturated rings. The largest absolute Gasteiger partial charge is 0.504 e. The number of fused-ring (bicyclic) bond motifs is 1. The molecule has 0 amide bonds. The Kier molecular flexibility index (Phi) is 4.36. The zero-order valence-corrected chi connectivity index (χ0v) is 13.3. The Morgan fingerprint density at radius 3 is 2.87 bits per heavy atom. The summed E-state index contributed by atoms with van der Waals surface area (Å²) in [6.07, 6.45) is 0. The number of hydrogen-bond donors (Lipinski definition) is 2. The standard InChI is InChI=1S/C16H11ClN2O3S/c17-9-5-6-11-12(7-9)19-16(18-11)23-8-14(21)10-3-1-2-4-13(20)15(10)22/h1-7H,8H2,(H,18,19)(H,20,22). The fourth-order valence-electron chi connectivity index (χ4n) is 2.05. The molecule has 0 atom stereocenters. The number of imidazole rings is 1. The number of nitrogens with zero attached hydrogens (tertiary/aromatic N) is 1. The molecule has 0 aliphatic rings. The summed E-state index contributed by atoms with van der Waals surface area (Å²) in [5, 5.41) is 11.0. The van der Waals surface area contributed by atoms with Crippen molar-refractivity contribution < 1.29 is 9.90 Å². The Morgan fingerprint density at radius 1 is 1.26 bits per heavy atom. The number of benzene rings is 1.